The molecule has 370 valence electrons. The van der Waals surface area contributed by atoms with Gasteiger partial charge in [-0.2, -0.15) is 0 Å². The molecule has 0 aliphatic rings. The molecule has 72 heavy (non-hydrogen) atoms. The van der Waals surface area contributed by atoms with Crippen LogP contribution in [0, 0.1) is 12.9 Å². The SMILES string of the molecule is [2H]C([2H])([2H])c1cc(-c2c(C(C)(CC)CC)cccc2C(C)(CC)CC)ccc1-n1c(-c2cc(C([2H])(C)C)cc(C([2H])(C)C)c2O)nc2c(-c3[c-]c(-c4cc(-c5ccccc5)ccn4)cc(-c4ccccc4)c3)cccc21.[Pt]. The van der Waals surface area contributed by atoms with E-state index in [1.54, 1.807) is 39.8 Å². The number of fused-ring (bicyclic) bond motifs is 1. The van der Waals surface area contributed by atoms with Gasteiger partial charge in [0.15, 0.2) is 0 Å². The van der Waals surface area contributed by atoms with Crippen molar-refractivity contribution in [2.75, 3.05) is 0 Å². The smallest absolute Gasteiger partial charge is 0.148 e. The molecule has 2 aromatic heterocycles. The normalized spacial score (nSPS) is 13.4. The number of imidazole rings is 1. The monoisotopic (exact) mass is 1130 g/mol. The molecule has 0 radical (unpaired) electrons. The minimum Gasteiger partial charge on any atom is -0.507 e. The van der Waals surface area contributed by atoms with Crippen LogP contribution >= 0.6 is 0 Å². The van der Waals surface area contributed by atoms with Crippen LogP contribution in [0.4, 0.5) is 0 Å². The van der Waals surface area contributed by atoms with Gasteiger partial charge in [-0.25, -0.2) is 4.98 Å². The minimum absolute atomic E-state index is 0. The molecule has 9 aromatic rings. The molecule has 0 unspecified atom stereocenters. The van der Waals surface area contributed by atoms with E-state index < -0.39 is 18.6 Å². The molecule has 0 amide bonds. The number of hydrogen-bond donors (Lipinski definition) is 1. The predicted octanol–water partition coefficient (Wildman–Crippen LogP) is 18.6. The van der Waals surface area contributed by atoms with Crippen LogP contribution in [0.25, 0.3) is 83.9 Å². The zero-order chi connectivity index (χ0) is 54.5. The number of nitrogens with zero attached hydrogens (tertiary/aromatic N) is 3. The van der Waals surface area contributed by atoms with Gasteiger partial charge in [0.25, 0.3) is 0 Å². The molecule has 0 aliphatic carbocycles. The summed E-state index contributed by atoms with van der Waals surface area (Å²) < 4.78 is 48.5. The van der Waals surface area contributed by atoms with E-state index in [1.807, 2.05) is 83.6 Å². The minimum atomic E-state index is -2.61. The van der Waals surface area contributed by atoms with Crippen molar-refractivity contribution >= 4 is 11.0 Å². The molecule has 0 atom stereocenters. The fraction of sp³-hybridized carbons (Fsp3) is 0.284. The van der Waals surface area contributed by atoms with Gasteiger partial charge in [0.2, 0.25) is 0 Å². The number of phenols is 1. The van der Waals surface area contributed by atoms with Crippen molar-refractivity contribution in [3.05, 3.63) is 192 Å². The number of rotatable bonds is 15. The summed E-state index contributed by atoms with van der Waals surface area (Å²) in [5.74, 6) is -2.28. The van der Waals surface area contributed by atoms with Crippen molar-refractivity contribution in [2.24, 2.45) is 0 Å². The second kappa shape index (κ2) is 21.4. The fourth-order valence-corrected chi connectivity index (χ4v) is 10.3. The Kier molecular flexibility index (Phi) is 13.5. The first-order valence-corrected chi connectivity index (χ1v) is 25.4. The van der Waals surface area contributed by atoms with Crippen LogP contribution in [-0.2, 0) is 31.9 Å². The third kappa shape index (κ3) is 9.68. The van der Waals surface area contributed by atoms with Crippen molar-refractivity contribution < 1.29 is 33.0 Å². The Balaban J connectivity index is 0.00000784. The number of para-hydroxylation sites is 1. The van der Waals surface area contributed by atoms with Crippen LogP contribution in [0.5, 0.6) is 5.75 Å². The quantitative estimate of drug-likeness (QED) is 0.104. The van der Waals surface area contributed by atoms with Crippen molar-refractivity contribution in [3.8, 4) is 78.6 Å². The Morgan fingerprint density at radius 2 is 1.22 bits per heavy atom. The largest absolute Gasteiger partial charge is 0.507 e. The average Bonchev–Trinajstić information content (AvgIpc) is 3.81. The van der Waals surface area contributed by atoms with Crippen LogP contribution in [-0.4, -0.2) is 19.6 Å². The maximum absolute atomic E-state index is 12.6. The van der Waals surface area contributed by atoms with Crippen LogP contribution in [0.2, 0.25) is 0 Å². The zero-order valence-electron chi connectivity index (χ0n) is 48.4. The number of phenolic OH excluding ortho intramolecular Hbond substituents is 1. The van der Waals surface area contributed by atoms with Crippen LogP contribution < -0.4 is 0 Å². The topological polar surface area (TPSA) is 50.9 Å². The molecule has 9 rings (SSSR count). The molecule has 1 N–H and O–H groups in total. The van der Waals surface area contributed by atoms with Crippen molar-refractivity contribution in [1.82, 2.24) is 14.5 Å². The number of hydrogen-bond acceptors (Lipinski definition) is 3. The van der Waals surface area contributed by atoms with E-state index in [-0.39, 0.29) is 54.6 Å². The van der Waals surface area contributed by atoms with Gasteiger partial charge < -0.3 is 5.11 Å². The maximum atomic E-state index is 12.6. The third-order valence-electron chi connectivity index (χ3n) is 15.6. The second-order valence-electron chi connectivity index (χ2n) is 20.2. The molecule has 4 nitrogen and oxygen atoms in total. The van der Waals surface area contributed by atoms with Gasteiger partial charge in [0.1, 0.15) is 11.6 Å². The molecule has 7 aromatic carbocycles. The number of pyridine rings is 1. The first kappa shape index (κ1) is 45.5. The Hall–Kier alpha value is -6.35. The number of benzene rings is 7. The third-order valence-corrected chi connectivity index (χ3v) is 15.6. The van der Waals surface area contributed by atoms with E-state index in [1.165, 1.54) is 11.1 Å². The van der Waals surface area contributed by atoms with E-state index in [9.17, 15) is 12.0 Å². The summed E-state index contributed by atoms with van der Waals surface area (Å²) >= 11 is 0. The predicted molar refractivity (Wildman–Crippen MR) is 301 cm³/mol. The fourth-order valence-electron chi connectivity index (χ4n) is 10.3. The number of aromatic hydroxyl groups is 1. The summed E-state index contributed by atoms with van der Waals surface area (Å²) in [4.78, 5) is 10.4. The Morgan fingerprint density at radius 1 is 0.611 bits per heavy atom. The Labute approximate surface area is 451 Å². The van der Waals surface area contributed by atoms with Gasteiger partial charge in [-0.15, -0.1) is 23.8 Å². The Morgan fingerprint density at radius 3 is 1.82 bits per heavy atom. The maximum Gasteiger partial charge on any atom is 0.148 e. The molecular formula is C67H70N3OPt-. The summed E-state index contributed by atoms with van der Waals surface area (Å²) in [6.45, 7) is 17.9. The molecular weight excluding hydrogens is 1060 g/mol. The molecule has 0 saturated heterocycles. The Bertz CT molecular complexity index is 3550. The first-order valence-electron chi connectivity index (χ1n) is 27.9. The van der Waals surface area contributed by atoms with E-state index >= 15 is 0 Å². The second-order valence-corrected chi connectivity index (χ2v) is 20.2. The molecule has 0 spiro atoms. The molecule has 0 saturated carbocycles. The van der Waals surface area contributed by atoms with Crippen LogP contribution in [0.3, 0.4) is 0 Å². The number of aryl methyl sites for hydroxylation is 1. The van der Waals surface area contributed by atoms with E-state index in [2.05, 4.69) is 114 Å². The van der Waals surface area contributed by atoms with Gasteiger partial charge in [-0.1, -0.05) is 195 Å². The average molecular weight is 1130 g/mol. The van der Waals surface area contributed by atoms with Gasteiger partial charge >= 0.3 is 0 Å². The van der Waals surface area contributed by atoms with Gasteiger partial charge in [-0.3, -0.25) is 9.55 Å². The summed E-state index contributed by atoms with van der Waals surface area (Å²) in [5, 5.41) is 12.6. The van der Waals surface area contributed by atoms with E-state index in [0.717, 1.165) is 81.4 Å². The molecule has 5 heteroatoms. The standard InChI is InChI=1S/C67H70N3O.Pt/c1-12-66(10,13-2)57-29-23-30-58(67(11,14-3)15-4)62(57)49-32-33-60(45(9)36-49)70-61-31-22-28-54(63(61)69-65(70)56-41-50(43(5)6)40-55(44(7)8)64(56)71)52-37-51(47-26-20-17-21-27-47)38-53(39-52)59-42-48(34-35-68-59)46-24-18-16-19-25-46;/h16-38,40-44,71H,12-15H2,1-11H3;/q-1;/i9D3,43D,44D;. The summed E-state index contributed by atoms with van der Waals surface area (Å²) in [6.07, 6.45) is 5.45. The van der Waals surface area contributed by atoms with Gasteiger partial charge in [0.05, 0.1) is 22.3 Å². The molecule has 0 aliphatic heterocycles. The molecule has 0 bridgehead atoms. The van der Waals surface area contributed by atoms with Crippen LogP contribution in [0.15, 0.2) is 158 Å². The van der Waals surface area contributed by atoms with Crippen LogP contribution in [0.1, 0.15) is 141 Å². The summed E-state index contributed by atoms with van der Waals surface area (Å²) in [5.41, 5.74) is 13.9. The van der Waals surface area contributed by atoms with E-state index in [0.29, 0.717) is 27.8 Å². The molecule has 0 fully saturated rings. The zero-order valence-corrected chi connectivity index (χ0v) is 45.7. The van der Waals surface area contributed by atoms with Crippen molar-refractivity contribution in [3.63, 3.8) is 0 Å². The summed E-state index contributed by atoms with van der Waals surface area (Å²) in [7, 11) is 0. The number of aromatic nitrogens is 3. The van der Waals surface area contributed by atoms with Crippen molar-refractivity contribution in [2.45, 2.75) is 124 Å². The molecule has 2 heterocycles. The van der Waals surface area contributed by atoms with E-state index in [4.69, 9.17) is 9.97 Å². The van der Waals surface area contributed by atoms with Gasteiger partial charge in [0, 0.05) is 39.8 Å². The summed E-state index contributed by atoms with van der Waals surface area (Å²) in [6, 6.07) is 54.3. The first-order chi connectivity index (χ1) is 36.0. The van der Waals surface area contributed by atoms with Crippen molar-refractivity contribution in [1.29, 1.82) is 0 Å². The van der Waals surface area contributed by atoms with Gasteiger partial charge in [-0.05, 0) is 141 Å².